The Morgan fingerprint density at radius 1 is 0.968 bits per heavy atom. The van der Waals surface area contributed by atoms with Crippen molar-refractivity contribution in [3.63, 3.8) is 0 Å². The fraction of sp³-hybridized carbons (Fsp3) is 0.348. The molecule has 162 valence electrons. The summed E-state index contributed by atoms with van der Waals surface area (Å²) in [5.74, 6) is 1.17. The van der Waals surface area contributed by atoms with Gasteiger partial charge in [-0.3, -0.25) is 9.59 Å². The number of carbonyl (C=O) groups is 2. The normalized spacial score (nSPS) is 14.0. The summed E-state index contributed by atoms with van der Waals surface area (Å²) in [5.41, 5.74) is 1.50. The van der Waals surface area contributed by atoms with E-state index in [1.165, 1.54) is 0 Å². The second kappa shape index (κ2) is 9.34. The van der Waals surface area contributed by atoms with E-state index in [4.69, 9.17) is 9.47 Å². The molecule has 2 heterocycles. The van der Waals surface area contributed by atoms with Gasteiger partial charge in [-0.05, 0) is 24.3 Å². The van der Waals surface area contributed by atoms with Crippen molar-refractivity contribution in [2.75, 3.05) is 40.4 Å². The molecule has 3 aromatic rings. The SMILES string of the molecule is COc1cc(OC)cc(C(=O)N2CCN(C(=O)CCc3nc4ccccc4s3)CC2)c1. The molecule has 1 fully saturated rings. The van der Waals surface area contributed by atoms with Gasteiger partial charge in [-0.25, -0.2) is 4.98 Å². The highest BCUT2D eigenvalue weighted by atomic mass is 32.1. The van der Waals surface area contributed by atoms with Crippen molar-refractivity contribution in [1.82, 2.24) is 14.8 Å². The average Bonchev–Trinajstić information content (AvgIpc) is 3.24. The van der Waals surface area contributed by atoms with Crippen LogP contribution in [-0.2, 0) is 11.2 Å². The van der Waals surface area contributed by atoms with Crippen LogP contribution in [0.3, 0.4) is 0 Å². The number of amides is 2. The third kappa shape index (κ3) is 4.80. The number of aryl methyl sites for hydroxylation is 1. The predicted octanol–water partition coefficient (Wildman–Crippen LogP) is 3.23. The van der Waals surface area contributed by atoms with Crippen LogP contribution < -0.4 is 9.47 Å². The first-order chi connectivity index (χ1) is 15.1. The molecule has 2 aromatic carbocycles. The van der Waals surface area contributed by atoms with E-state index < -0.39 is 0 Å². The molecule has 0 bridgehead atoms. The molecule has 1 aliphatic rings. The van der Waals surface area contributed by atoms with E-state index in [1.54, 1.807) is 48.7 Å². The number of para-hydroxylation sites is 1. The first kappa shape index (κ1) is 21.1. The Kier molecular flexibility index (Phi) is 6.36. The van der Waals surface area contributed by atoms with Gasteiger partial charge in [0.15, 0.2) is 0 Å². The minimum Gasteiger partial charge on any atom is -0.497 e. The van der Waals surface area contributed by atoms with Crippen molar-refractivity contribution >= 4 is 33.4 Å². The number of rotatable bonds is 6. The Hall–Kier alpha value is -3.13. The monoisotopic (exact) mass is 439 g/mol. The minimum absolute atomic E-state index is 0.0845. The smallest absolute Gasteiger partial charge is 0.254 e. The van der Waals surface area contributed by atoms with Crippen LogP contribution in [0.5, 0.6) is 11.5 Å². The van der Waals surface area contributed by atoms with Crippen molar-refractivity contribution in [1.29, 1.82) is 0 Å². The highest BCUT2D eigenvalue weighted by molar-refractivity contribution is 7.18. The van der Waals surface area contributed by atoms with E-state index in [-0.39, 0.29) is 11.8 Å². The highest BCUT2D eigenvalue weighted by Gasteiger charge is 2.25. The van der Waals surface area contributed by atoms with Gasteiger partial charge in [-0.2, -0.15) is 0 Å². The topological polar surface area (TPSA) is 72.0 Å². The van der Waals surface area contributed by atoms with Crippen LogP contribution in [-0.4, -0.2) is 67.0 Å². The molecular weight excluding hydrogens is 414 g/mol. The van der Waals surface area contributed by atoms with E-state index in [9.17, 15) is 9.59 Å². The first-order valence-corrected chi connectivity index (χ1v) is 11.0. The van der Waals surface area contributed by atoms with Crippen LogP contribution in [0.15, 0.2) is 42.5 Å². The molecule has 1 aromatic heterocycles. The first-order valence-electron chi connectivity index (χ1n) is 10.2. The molecule has 8 heteroatoms. The molecule has 0 saturated carbocycles. The lowest BCUT2D eigenvalue weighted by atomic mass is 10.1. The molecule has 0 atom stereocenters. The molecule has 1 aliphatic heterocycles. The number of benzene rings is 2. The van der Waals surface area contributed by atoms with Gasteiger partial charge in [0.25, 0.3) is 5.91 Å². The third-order valence-corrected chi connectivity index (χ3v) is 6.51. The van der Waals surface area contributed by atoms with Crippen LogP contribution in [0.2, 0.25) is 0 Å². The maximum atomic E-state index is 12.9. The van der Waals surface area contributed by atoms with Crippen LogP contribution in [0.4, 0.5) is 0 Å². The number of nitrogens with zero attached hydrogens (tertiary/aromatic N) is 3. The molecule has 0 radical (unpaired) electrons. The number of hydrogen-bond donors (Lipinski definition) is 0. The summed E-state index contributed by atoms with van der Waals surface area (Å²) >= 11 is 1.64. The lowest BCUT2D eigenvalue weighted by Gasteiger charge is -2.35. The zero-order valence-corrected chi connectivity index (χ0v) is 18.5. The highest BCUT2D eigenvalue weighted by Crippen LogP contribution is 2.25. The maximum Gasteiger partial charge on any atom is 0.254 e. The minimum atomic E-state index is -0.0845. The van der Waals surface area contributed by atoms with Crippen molar-refractivity contribution in [3.8, 4) is 11.5 Å². The molecule has 1 saturated heterocycles. The molecule has 31 heavy (non-hydrogen) atoms. The lowest BCUT2D eigenvalue weighted by Crippen LogP contribution is -2.50. The molecule has 0 aliphatic carbocycles. The van der Waals surface area contributed by atoms with Gasteiger partial charge in [-0.1, -0.05) is 12.1 Å². The van der Waals surface area contributed by atoms with Crippen LogP contribution in [0.25, 0.3) is 10.2 Å². The van der Waals surface area contributed by atoms with E-state index >= 15 is 0 Å². The van der Waals surface area contributed by atoms with E-state index in [0.717, 1.165) is 15.2 Å². The van der Waals surface area contributed by atoms with Crippen LogP contribution >= 0.6 is 11.3 Å². The summed E-state index contributed by atoms with van der Waals surface area (Å²) in [5, 5.41) is 0.982. The number of fused-ring (bicyclic) bond motifs is 1. The summed E-state index contributed by atoms with van der Waals surface area (Å²) in [6.07, 6.45) is 1.07. The Morgan fingerprint density at radius 2 is 1.61 bits per heavy atom. The average molecular weight is 440 g/mol. The molecule has 0 spiro atoms. The van der Waals surface area contributed by atoms with Gasteiger partial charge in [0.05, 0.1) is 29.4 Å². The largest absolute Gasteiger partial charge is 0.497 e. The second-order valence-electron chi connectivity index (χ2n) is 7.35. The van der Waals surface area contributed by atoms with Gasteiger partial charge < -0.3 is 19.3 Å². The quantitative estimate of drug-likeness (QED) is 0.590. The fourth-order valence-corrected chi connectivity index (χ4v) is 4.64. The third-order valence-electron chi connectivity index (χ3n) is 5.41. The van der Waals surface area contributed by atoms with Crippen molar-refractivity contribution in [3.05, 3.63) is 53.0 Å². The molecule has 0 unspecified atom stereocenters. The second-order valence-corrected chi connectivity index (χ2v) is 8.46. The predicted molar refractivity (Wildman–Crippen MR) is 120 cm³/mol. The van der Waals surface area contributed by atoms with Gasteiger partial charge in [0.1, 0.15) is 11.5 Å². The number of methoxy groups -OCH3 is 2. The lowest BCUT2D eigenvalue weighted by molar-refractivity contribution is -0.132. The Morgan fingerprint density at radius 3 is 2.26 bits per heavy atom. The number of piperazine rings is 1. The van der Waals surface area contributed by atoms with Gasteiger partial charge in [0.2, 0.25) is 5.91 Å². The van der Waals surface area contributed by atoms with E-state index in [1.807, 2.05) is 29.2 Å². The number of aromatic nitrogens is 1. The van der Waals surface area contributed by atoms with Crippen LogP contribution in [0.1, 0.15) is 21.8 Å². The van der Waals surface area contributed by atoms with Crippen LogP contribution in [0, 0.1) is 0 Å². The number of thiazole rings is 1. The van der Waals surface area contributed by atoms with E-state index in [2.05, 4.69) is 4.98 Å². The standard InChI is InChI=1S/C23H25N3O4S/c1-29-17-13-16(14-18(15-17)30-2)23(28)26-11-9-25(10-12-26)22(27)8-7-21-24-19-5-3-4-6-20(19)31-21/h3-6,13-15H,7-12H2,1-2H3. The summed E-state index contributed by atoms with van der Waals surface area (Å²) in [7, 11) is 3.11. The summed E-state index contributed by atoms with van der Waals surface area (Å²) in [6, 6.07) is 13.2. The van der Waals surface area contributed by atoms with Crippen molar-refractivity contribution in [2.45, 2.75) is 12.8 Å². The molecular formula is C23H25N3O4S. The summed E-state index contributed by atoms with van der Waals surface area (Å²) in [6.45, 7) is 2.08. The molecule has 0 N–H and O–H groups in total. The zero-order valence-electron chi connectivity index (χ0n) is 17.7. The number of ether oxygens (including phenoxy) is 2. The zero-order chi connectivity index (χ0) is 21.8. The summed E-state index contributed by atoms with van der Waals surface area (Å²) in [4.78, 5) is 33.8. The Labute approximate surface area is 185 Å². The number of hydrogen-bond acceptors (Lipinski definition) is 6. The summed E-state index contributed by atoms with van der Waals surface area (Å²) < 4.78 is 11.7. The van der Waals surface area contributed by atoms with E-state index in [0.29, 0.717) is 56.1 Å². The Bertz CT molecular complexity index is 1030. The van der Waals surface area contributed by atoms with Gasteiger partial charge >= 0.3 is 0 Å². The molecule has 7 nitrogen and oxygen atoms in total. The Balaban J connectivity index is 1.31. The number of carbonyl (C=O) groups excluding carboxylic acids is 2. The van der Waals surface area contributed by atoms with Crippen molar-refractivity contribution in [2.24, 2.45) is 0 Å². The van der Waals surface area contributed by atoms with Gasteiger partial charge in [0, 0.05) is 50.7 Å². The van der Waals surface area contributed by atoms with Gasteiger partial charge in [-0.15, -0.1) is 11.3 Å². The maximum absolute atomic E-state index is 12.9. The van der Waals surface area contributed by atoms with Crippen molar-refractivity contribution < 1.29 is 19.1 Å². The molecule has 4 rings (SSSR count). The molecule has 2 amide bonds. The fourth-order valence-electron chi connectivity index (χ4n) is 3.67.